The maximum absolute atomic E-state index is 12.4. The Morgan fingerprint density at radius 1 is 1.29 bits per heavy atom. The maximum atomic E-state index is 12.4. The number of amides is 1. The Bertz CT molecular complexity index is 946. The fraction of sp³-hybridized carbons (Fsp3) is 0.176. The molecule has 2 heterocycles. The van der Waals surface area contributed by atoms with Gasteiger partial charge in [0.1, 0.15) is 5.56 Å². The zero-order chi connectivity index (χ0) is 16.5. The number of H-pyrrole nitrogens is 1. The highest BCUT2D eigenvalue weighted by molar-refractivity contribution is 5.93. The van der Waals surface area contributed by atoms with Gasteiger partial charge in [0.25, 0.3) is 11.5 Å². The highest BCUT2D eigenvalue weighted by Crippen LogP contribution is 2.30. The molecule has 7 heteroatoms. The third kappa shape index (κ3) is 2.50. The summed E-state index contributed by atoms with van der Waals surface area (Å²) < 4.78 is 1.43. The molecule has 0 fully saturated rings. The van der Waals surface area contributed by atoms with E-state index in [9.17, 15) is 9.59 Å². The van der Waals surface area contributed by atoms with Gasteiger partial charge in [0.15, 0.2) is 0 Å². The van der Waals surface area contributed by atoms with Crippen molar-refractivity contribution in [2.24, 2.45) is 0 Å². The zero-order valence-electron chi connectivity index (χ0n) is 12.8. The van der Waals surface area contributed by atoms with Crippen molar-refractivity contribution >= 4 is 5.91 Å². The fourth-order valence-corrected chi connectivity index (χ4v) is 3.00. The Hall–Kier alpha value is -3.22. The summed E-state index contributed by atoms with van der Waals surface area (Å²) in [5.41, 5.74) is 1.86. The van der Waals surface area contributed by atoms with Gasteiger partial charge in [0.2, 0.25) is 5.95 Å². The van der Waals surface area contributed by atoms with Crippen molar-refractivity contribution in [3.63, 3.8) is 0 Å². The summed E-state index contributed by atoms with van der Waals surface area (Å²) in [4.78, 5) is 31.3. The average molecular weight is 321 g/mol. The summed E-state index contributed by atoms with van der Waals surface area (Å²) in [5, 5.41) is 6.92. The molecule has 3 aromatic rings. The highest BCUT2D eigenvalue weighted by atomic mass is 16.2. The van der Waals surface area contributed by atoms with Gasteiger partial charge in [-0.05, 0) is 30.0 Å². The van der Waals surface area contributed by atoms with E-state index in [1.165, 1.54) is 16.4 Å². The highest BCUT2D eigenvalue weighted by Gasteiger charge is 2.24. The summed E-state index contributed by atoms with van der Waals surface area (Å²) in [6.07, 6.45) is 6.29. The summed E-state index contributed by atoms with van der Waals surface area (Å²) >= 11 is 0. The van der Waals surface area contributed by atoms with Crippen LogP contribution in [0.3, 0.4) is 0 Å². The molecule has 0 saturated heterocycles. The van der Waals surface area contributed by atoms with Crippen LogP contribution in [0.4, 0.5) is 0 Å². The quantitative estimate of drug-likeness (QED) is 0.762. The minimum absolute atomic E-state index is 0.00436. The number of hydrogen-bond acceptors (Lipinski definition) is 4. The molecule has 2 aromatic heterocycles. The first-order valence-electron chi connectivity index (χ1n) is 7.70. The smallest absolute Gasteiger partial charge is 0.265 e. The molecule has 0 spiro atoms. The lowest BCUT2D eigenvalue weighted by Crippen LogP contribution is -2.32. The lowest BCUT2D eigenvalue weighted by Gasteiger charge is -2.13. The molecule has 1 amide bonds. The second-order valence-corrected chi connectivity index (χ2v) is 5.66. The van der Waals surface area contributed by atoms with Crippen molar-refractivity contribution in [3.8, 4) is 5.95 Å². The van der Waals surface area contributed by atoms with Crippen LogP contribution in [-0.4, -0.2) is 25.7 Å². The first-order chi connectivity index (χ1) is 11.7. The van der Waals surface area contributed by atoms with Crippen molar-refractivity contribution in [3.05, 3.63) is 76.0 Å². The van der Waals surface area contributed by atoms with E-state index in [2.05, 4.69) is 26.4 Å². The van der Waals surface area contributed by atoms with Gasteiger partial charge >= 0.3 is 0 Å². The van der Waals surface area contributed by atoms with Crippen LogP contribution in [0.25, 0.3) is 5.95 Å². The summed E-state index contributed by atoms with van der Waals surface area (Å²) in [5.74, 6) is -0.148. The number of benzene rings is 1. The number of nitrogens with one attached hydrogen (secondary N) is 2. The number of rotatable bonds is 3. The van der Waals surface area contributed by atoms with E-state index in [0.717, 1.165) is 18.4 Å². The summed E-state index contributed by atoms with van der Waals surface area (Å²) in [7, 11) is 0. The van der Waals surface area contributed by atoms with Gasteiger partial charge in [-0.1, -0.05) is 24.3 Å². The van der Waals surface area contributed by atoms with E-state index in [-0.39, 0.29) is 17.6 Å². The lowest BCUT2D eigenvalue weighted by atomic mass is 10.1. The summed E-state index contributed by atoms with van der Waals surface area (Å²) in [6, 6.07) is 9.67. The van der Waals surface area contributed by atoms with Crippen LogP contribution >= 0.6 is 0 Å². The van der Waals surface area contributed by atoms with Crippen molar-refractivity contribution in [1.29, 1.82) is 0 Å². The number of carbonyl (C=O) groups is 1. The molecule has 0 saturated carbocycles. The Morgan fingerprint density at radius 3 is 2.96 bits per heavy atom. The van der Waals surface area contributed by atoms with Crippen molar-refractivity contribution in [2.75, 3.05) is 0 Å². The van der Waals surface area contributed by atoms with E-state index in [0.29, 0.717) is 0 Å². The van der Waals surface area contributed by atoms with Gasteiger partial charge < -0.3 is 5.32 Å². The zero-order valence-corrected chi connectivity index (χ0v) is 12.8. The Morgan fingerprint density at radius 2 is 2.17 bits per heavy atom. The monoisotopic (exact) mass is 321 g/mol. The van der Waals surface area contributed by atoms with E-state index in [4.69, 9.17) is 0 Å². The molecule has 0 bridgehead atoms. The summed E-state index contributed by atoms with van der Waals surface area (Å²) in [6.45, 7) is 0. The van der Waals surface area contributed by atoms with E-state index >= 15 is 0 Å². The van der Waals surface area contributed by atoms with E-state index < -0.39 is 11.5 Å². The number of fused-ring (bicyclic) bond motifs is 1. The number of aryl methyl sites for hydroxylation is 1. The molecule has 1 aromatic carbocycles. The molecule has 4 rings (SSSR count). The topological polar surface area (TPSA) is 92.7 Å². The average Bonchev–Trinajstić information content (AvgIpc) is 3.25. The maximum Gasteiger partial charge on any atom is 0.265 e. The molecule has 120 valence electrons. The van der Waals surface area contributed by atoms with Crippen molar-refractivity contribution in [2.45, 2.75) is 18.9 Å². The molecular formula is C17H15N5O2. The predicted octanol–water partition coefficient (Wildman–Crippen LogP) is 1.37. The number of hydrogen-bond donors (Lipinski definition) is 2. The number of aromatic nitrogens is 4. The number of nitrogens with zero attached hydrogens (tertiary/aromatic N) is 3. The van der Waals surface area contributed by atoms with Gasteiger partial charge in [-0.25, -0.2) is 9.67 Å². The van der Waals surface area contributed by atoms with Crippen LogP contribution < -0.4 is 10.9 Å². The third-order valence-corrected chi connectivity index (χ3v) is 4.19. The molecule has 1 aliphatic carbocycles. The SMILES string of the molecule is O=C(NC1CCc2ccccc21)c1cnc(-n2cccn2)[nH]c1=O. The van der Waals surface area contributed by atoms with Crippen LogP contribution in [0.1, 0.15) is 33.9 Å². The largest absolute Gasteiger partial charge is 0.345 e. The van der Waals surface area contributed by atoms with E-state index in [1.54, 1.807) is 18.5 Å². The molecule has 7 nitrogen and oxygen atoms in total. The molecule has 1 aliphatic rings. The van der Waals surface area contributed by atoms with Gasteiger partial charge in [-0.3, -0.25) is 14.6 Å². The van der Waals surface area contributed by atoms with Crippen LogP contribution in [0.15, 0.2) is 53.7 Å². The van der Waals surface area contributed by atoms with Crippen molar-refractivity contribution in [1.82, 2.24) is 25.1 Å². The Kier molecular flexibility index (Phi) is 3.45. The van der Waals surface area contributed by atoms with Crippen molar-refractivity contribution < 1.29 is 4.79 Å². The molecule has 1 atom stereocenters. The van der Waals surface area contributed by atoms with Gasteiger partial charge in [-0.2, -0.15) is 5.10 Å². The Balaban J connectivity index is 1.56. The van der Waals surface area contributed by atoms with Gasteiger partial charge in [0.05, 0.1) is 6.04 Å². The molecular weight excluding hydrogens is 306 g/mol. The molecule has 0 aliphatic heterocycles. The molecule has 2 N–H and O–H groups in total. The minimum Gasteiger partial charge on any atom is -0.345 e. The normalized spacial score (nSPS) is 15.9. The minimum atomic E-state index is -0.487. The van der Waals surface area contributed by atoms with Crippen LogP contribution in [0.2, 0.25) is 0 Å². The third-order valence-electron chi connectivity index (χ3n) is 4.19. The van der Waals surface area contributed by atoms with Crippen LogP contribution in [0, 0.1) is 0 Å². The fourth-order valence-electron chi connectivity index (χ4n) is 3.00. The lowest BCUT2D eigenvalue weighted by molar-refractivity contribution is 0.0934. The first kappa shape index (κ1) is 14.4. The Labute approximate surface area is 137 Å². The van der Waals surface area contributed by atoms with Gasteiger partial charge in [-0.15, -0.1) is 0 Å². The van der Waals surface area contributed by atoms with E-state index in [1.807, 2.05) is 18.2 Å². The number of aromatic amines is 1. The van der Waals surface area contributed by atoms with Crippen LogP contribution in [0.5, 0.6) is 0 Å². The van der Waals surface area contributed by atoms with Gasteiger partial charge in [0, 0.05) is 18.6 Å². The standard InChI is InChI=1S/C17H15N5O2/c23-15(20-14-7-6-11-4-1-2-5-12(11)14)13-10-18-17(21-16(13)24)22-9-3-8-19-22/h1-5,8-10,14H,6-7H2,(H,20,23)(H,18,21,24). The molecule has 1 unspecified atom stereocenters. The van der Waals surface area contributed by atoms with Crippen LogP contribution in [-0.2, 0) is 6.42 Å². The second kappa shape index (κ2) is 5.77. The molecule has 24 heavy (non-hydrogen) atoms. The first-order valence-corrected chi connectivity index (χ1v) is 7.70. The predicted molar refractivity (Wildman–Crippen MR) is 86.9 cm³/mol. The number of carbonyl (C=O) groups excluding carboxylic acids is 1. The second-order valence-electron chi connectivity index (χ2n) is 5.66. The molecule has 0 radical (unpaired) electrons.